The number of rotatable bonds is 7. The van der Waals surface area contributed by atoms with E-state index in [0.29, 0.717) is 23.5 Å². The quantitative estimate of drug-likeness (QED) is 0.749. The van der Waals surface area contributed by atoms with Crippen LogP contribution in [0.3, 0.4) is 0 Å². The van der Waals surface area contributed by atoms with Crippen LogP contribution in [-0.4, -0.2) is 37.6 Å². The summed E-state index contributed by atoms with van der Waals surface area (Å²) >= 11 is 0. The largest absolute Gasteiger partial charge is 0.494 e. The number of hydrogen-bond acceptors (Lipinski definition) is 4. The molecule has 0 spiro atoms. The third-order valence-electron chi connectivity index (χ3n) is 3.58. The molecule has 0 unspecified atom stereocenters. The number of benzene rings is 1. The van der Waals surface area contributed by atoms with Gasteiger partial charge in [-0.15, -0.1) is 0 Å². The Balaban J connectivity index is 1.78. The molecule has 0 aliphatic heterocycles. The Bertz CT molecular complexity index is 472. The van der Waals surface area contributed by atoms with Crippen molar-refractivity contribution >= 4 is 17.3 Å². The first-order chi connectivity index (χ1) is 9.60. The van der Waals surface area contributed by atoms with Gasteiger partial charge in [0, 0.05) is 24.2 Å². The van der Waals surface area contributed by atoms with Crippen LogP contribution in [-0.2, 0) is 4.79 Å². The lowest BCUT2D eigenvalue weighted by Gasteiger charge is -2.15. The van der Waals surface area contributed by atoms with E-state index in [9.17, 15) is 4.79 Å². The summed E-state index contributed by atoms with van der Waals surface area (Å²) in [6.45, 7) is 0.969. The number of methoxy groups -OCH3 is 1. The van der Waals surface area contributed by atoms with Crippen molar-refractivity contribution in [3.8, 4) is 5.75 Å². The highest BCUT2D eigenvalue weighted by Gasteiger charge is 2.25. The van der Waals surface area contributed by atoms with Crippen molar-refractivity contribution in [3.63, 3.8) is 0 Å². The summed E-state index contributed by atoms with van der Waals surface area (Å²) in [6.07, 6.45) is 3.98. The highest BCUT2D eigenvalue weighted by atomic mass is 16.5. The number of nitrogens with one attached hydrogen (secondary N) is 1. The lowest BCUT2D eigenvalue weighted by Crippen LogP contribution is -2.23. The molecule has 0 atom stereocenters. The second-order valence-corrected chi connectivity index (χ2v) is 5.32. The summed E-state index contributed by atoms with van der Waals surface area (Å²) in [5.41, 5.74) is 6.97. The van der Waals surface area contributed by atoms with Gasteiger partial charge in [0.05, 0.1) is 12.8 Å². The number of nitrogens with two attached hydrogens (primary N) is 1. The molecule has 1 saturated carbocycles. The van der Waals surface area contributed by atoms with Crippen LogP contribution in [0.25, 0.3) is 0 Å². The van der Waals surface area contributed by atoms with E-state index in [0.717, 1.165) is 19.0 Å². The van der Waals surface area contributed by atoms with Gasteiger partial charge in [0.2, 0.25) is 5.91 Å². The molecule has 1 aromatic rings. The van der Waals surface area contributed by atoms with E-state index in [1.165, 1.54) is 12.8 Å². The van der Waals surface area contributed by atoms with Crippen molar-refractivity contribution in [2.24, 2.45) is 0 Å². The third-order valence-corrected chi connectivity index (χ3v) is 3.58. The van der Waals surface area contributed by atoms with Crippen molar-refractivity contribution in [1.29, 1.82) is 0 Å². The number of nitrogens with zero attached hydrogens (tertiary/aromatic N) is 1. The Hall–Kier alpha value is -1.75. The van der Waals surface area contributed by atoms with Gasteiger partial charge in [-0.05, 0) is 45.0 Å². The molecule has 3 N–H and O–H groups in total. The third kappa shape index (κ3) is 4.13. The summed E-state index contributed by atoms with van der Waals surface area (Å²) in [5.74, 6) is 0.603. The van der Waals surface area contributed by atoms with Gasteiger partial charge in [0.1, 0.15) is 5.75 Å². The van der Waals surface area contributed by atoms with Gasteiger partial charge in [0.25, 0.3) is 0 Å². The van der Waals surface area contributed by atoms with Crippen LogP contribution in [0.1, 0.15) is 25.7 Å². The van der Waals surface area contributed by atoms with E-state index in [2.05, 4.69) is 17.3 Å². The molecule has 1 fully saturated rings. The SMILES string of the molecule is COc1cc(N)ccc1NC(=O)CCCN(C)C1CC1. The molecular weight excluding hydrogens is 254 g/mol. The Morgan fingerprint density at radius 1 is 1.50 bits per heavy atom. The predicted octanol–water partition coefficient (Wildman–Crippen LogP) is 2.09. The average Bonchev–Trinajstić information content (AvgIpc) is 3.25. The van der Waals surface area contributed by atoms with Crippen molar-refractivity contribution in [3.05, 3.63) is 18.2 Å². The van der Waals surface area contributed by atoms with E-state index >= 15 is 0 Å². The highest BCUT2D eigenvalue weighted by molar-refractivity contribution is 5.92. The first-order valence-electron chi connectivity index (χ1n) is 7.03. The predicted molar refractivity (Wildman–Crippen MR) is 80.9 cm³/mol. The number of carbonyl (C=O) groups excluding carboxylic acids is 1. The van der Waals surface area contributed by atoms with Crippen LogP contribution in [0, 0.1) is 0 Å². The molecular formula is C15H23N3O2. The second-order valence-electron chi connectivity index (χ2n) is 5.32. The van der Waals surface area contributed by atoms with E-state index < -0.39 is 0 Å². The van der Waals surface area contributed by atoms with Gasteiger partial charge in [0.15, 0.2) is 0 Å². The molecule has 110 valence electrons. The van der Waals surface area contributed by atoms with Gasteiger partial charge >= 0.3 is 0 Å². The highest BCUT2D eigenvalue weighted by Crippen LogP contribution is 2.27. The summed E-state index contributed by atoms with van der Waals surface area (Å²) in [6, 6.07) is 5.97. The van der Waals surface area contributed by atoms with Gasteiger partial charge in [-0.2, -0.15) is 0 Å². The molecule has 0 bridgehead atoms. The van der Waals surface area contributed by atoms with Crippen LogP contribution < -0.4 is 15.8 Å². The fourth-order valence-electron chi connectivity index (χ4n) is 2.21. The lowest BCUT2D eigenvalue weighted by molar-refractivity contribution is -0.116. The zero-order valence-corrected chi connectivity index (χ0v) is 12.2. The second kappa shape index (κ2) is 6.61. The molecule has 1 aliphatic carbocycles. The maximum absolute atomic E-state index is 11.9. The number of nitrogen functional groups attached to an aromatic ring is 1. The molecule has 0 aromatic heterocycles. The molecule has 2 rings (SSSR count). The summed E-state index contributed by atoms with van der Waals surface area (Å²) in [4.78, 5) is 14.2. The first-order valence-corrected chi connectivity index (χ1v) is 7.03. The fraction of sp³-hybridized carbons (Fsp3) is 0.533. The van der Waals surface area contributed by atoms with Gasteiger partial charge in [-0.1, -0.05) is 0 Å². The molecule has 1 amide bonds. The Morgan fingerprint density at radius 3 is 2.90 bits per heavy atom. The van der Waals surface area contributed by atoms with Crippen LogP contribution in [0.5, 0.6) is 5.75 Å². The Labute approximate surface area is 120 Å². The van der Waals surface area contributed by atoms with Crippen LogP contribution in [0.2, 0.25) is 0 Å². The summed E-state index contributed by atoms with van der Waals surface area (Å²) < 4.78 is 5.21. The Morgan fingerprint density at radius 2 is 2.25 bits per heavy atom. The van der Waals surface area contributed by atoms with Gasteiger partial charge in [-0.3, -0.25) is 4.79 Å². The summed E-state index contributed by atoms with van der Waals surface area (Å²) in [7, 11) is 3.69. The zero-order valence-electron chi connectivity index (χ0n) is 12.2. The molecule has 20 heavy (non-hydrogen) atoms. The molecule has 5 nitrogen and oxygen atoms in total. The zero-order chi connectivity index (χ0) is 14.5. The van der Waals surface area contributed by atoms with Gasteiger partial charge in [-0.25, -0.2) is 0 Å². The lowest BCUT2D eigenvalue weighted by atomic mass is 10.2. The van der Waals surface area contributed by atoms with Crippen molar-refractivity contribution in [2.45, 2.75) is 31.7 Å². The van der Waals surface area contributed by atoms with Gasteiger partial charge < -0.3 is 20.7 Å². The topological polar surface area (TPSA) is 67.6 Å². The number of amides is 1. The fourth-order valence-corrected chi connectivity index (χ4v) is 2.21. The molecule has 0 saturated heterocycles. The molecule has 0 radical (unpaired) electrons. The minimum Gasteiger partial charge on any atom is -0.494 e. The summed E-state index contributed by atoms with van der Waals surface area (Å²) in [5, 5.41) is 2.87. The van der Waals surface area contributed by atoms with Crippen molar-refractivity contribution in [1.82, 2.24) is 4.90 Å². The van der Waals surface area contributed by atoms with Crippen LogP contribution >= 0.6 is 0 Å². The molecule has 1 aromatic carbocycles. The number of hydrogen-bond donors (Lipinski definition) is 2. The van der Waals surface area contributed by atoms with Crippen molar-refractivity contribution in [2.75, 3.05) is 31.8 Å². The van der Waals surface area contributed by atoms with E-state index in [1.54, 1.807) is 25.3 Å². The number of ether oxygens (including phenoxy) is 1. The minimum atomic E-state index is 0.0114. The van der Waals surface area contributed by atoms with E-state index in [-0.39, 0.29) is 5.91 Å². The smallest absolute Gasteiger partial charge is 0.224 e. The normalized spacial score (nSPS) is 14.3. The first kappa shape index (κ1) is 14.7. The van der Waals surface area contributed by atoms with E-state index in [4.69, 9.17) is 10.5 Å². The maximum Gasteiger partial charge on any atom is 0.224 e. The average molecular weight is 277 g/mol. The monoisotopic (exact) mass is 277 g/mol. The Kier molecular flexibility index (Phi) is 4.84. The number of carbonyl (C=O) groups is 1. The van der Waals surface area contributed by atoms with Crippen molar-refractivity contribution < 1.29 is 9.53 Å². The molecule has 5 heteroatoms. The standard InChI is InChI=1S/C15H23N3O2/c1-18(12-6-7-12)9-3-4-15(19)17-13-8-5-11(16)10-14(13)20-2/h5,8,10,12H,3-4,6-7,9,16H2,1-2H3,(H,17,19). The van der Waals surface area contributed by atoms with Crippen LogP contribution in [0.15, 0.2) is 18.2 Å². The molecule has 0 heterocycles. The number of anilines is 2. The maximum atomic E-state index is 11.9. The van der Waals surface area contributed by atoms with Crippen LogP contribution in [0.4, 0.5) is 11.4 Å². The van der Waals surface area contributed by atoms with E-state index in [1.807, 2.05) is 0 Å². The minimum absolute atomic E-state index is 0.0114. The molecule has 1 aliphatic rings.